The summed E-state index contributed by atoms with van der Waals surface area (Å²) in [6.45, 7) is 6.27. The lowest BCUT2D eigenvalue weighted by Crippen LogP contribution is -2.25. The highest BCUT2D eigenvalue weighted by Gasteiger charge is 2.18. The average Bonchev–Trinajstić information content (AvgIpc) is 2.93. The van der Waals surface area contributed by atoms with E-state index in [1.54, 1.807) is 18.2 Å². The second-order valence-corrected chi connectivity index (χ2v) is 6.91. The van der Waals surface area contributed by atoms with Gasteiger partial charge in [-0.05, 0) is 37.5 Å². The summed E-state index contributed by atoms with van der Waals surface area (Å²) >= 11 is 1.39. The van der Waals surface area contributed by atoms with E-state index in [0.717, 1.165) is 33.7 Å². The molecule has 0 saturated heterocycles. The summed E-state index contributed by atoms with van der Waals surface area (Å²) in [6, 6.07) is 6.62. The number of benzene rings is 1. The van der Waals surface area contributed by atoms with Crippen LogP contribution in [0.2, 0.25) is 0 Å². The SMILES string of the molecule is CCc1nc(C)c2c(C)c(C(=O)NCCc3ccccc3F)sc2n1. The Bertz CT molecular complexity index is 936. The monoisotopic (exact) mass is 357 g/mol. The number of hydrogen-bond acceptors (Lipinski definition) is 4. The highest BCUT2D eigenvalue weighted by molar-refractivity contribution is 7.20. The predicted octanol–water partition coefficient (Wildman–Crippen LogP) is 3.98. The highest BCUT2D eigenvalue weighted by Crippen LogP contribution is 2.31. The van der Waals surface area contributed by atoms with Gasteiger partial charge in [-0.1, -0.05) is 25.1 Å². The smallest absolute Gasteiger partial charge is 0.261 e. The van der Waals surface area contributed by atoms with Crippen LogP contribution in [0.4, 0.5) is 4.39 Å². The van der Waals surface area contributed by atoms with Gasteiger partial charge < -0.3 is 5.32 Å². The molecule has 0 saturated carbocycles. The minimum atomic E-state index is -0.243. The Kier molecular flexibility index (Phi) is 5.08. The van der Waals surface area contributed by atoms with E-state index in [-0.39, 0.29) is 11.7 Å². The number of carbonyl (C=O) groups is 1. The molecule has 6 heteroatoms. The predicted molar refractivity (Wildman–Crippen MR) is 98.7 cm³/mol. The zero-order chi connectivity index (χ0) is 18.0. The molecule has 1 amide bonds. The molecule has 0 radical (unpaired) electrons. The van der Waals surface area contributed by atoms with Crippen LogP contribution in [0.3, 0.4) is 0 Å². The van der Waals surface area contributed by atoms with E-state index >= 15 is 0 Å². The Balaban J connectivity index is 1.77. The maximum Gasteiger partial charge on any atom is 0.261 e. The summed E-state index contributed by atoms with van der Waals surface area (Å²) < 4.78 is 13.6. The first-order chi connectivity index (χ1) is 12.0. The lowest BCUT2D eigenvalue weighted by atomic mass is 10.1. The molecule has 3 aromatic rings. The minimum absolute atomic E-state index is 0.144. The van der Waals surface area contributed by atoms with Crippen molar-refractivity contribution in [1.29, 1.82) is 0 Å². The summed E-state index contributed by atoms with van der Waals surface area (Å²) in [5, 5.41) is 3.84. The Morgan fingerprint density at radius 2 is 2.00 bits per heavy atom. The van der Waals surface area contributed by atoms with E-state index < -0.39 is 0 Å². The normalized spacial score (nSPS) is 11.0. The summed E-state index contributed by atoms with van der Waals surface area (Å²) in [6.07, 6.45) is 1.22. The first-order valence-electron chi connectivity index (χ1n) is 8.29. The van der Waals surface area contributed by atoms with Gasteiger partial charge in [-0.2, -0.15) is 0 Å². The van der Waals surface area contributed by atoms with Gasteiger partial charge in [-0.3, -0.25) is 4.79 Å². The standard InChI is InChI=1S/C19H20FN3OS/c1-4-15-22-12(3)16-11(2)17(25-19(16)23-15)18(24)21-10-9-13-7-5-6-8-14(13)20/h5-8H,4,9-10H2,1-3H3,(H,21,24). The molecule has 0 fully saturated rings. The van der Waals surface area contributed by atoms with Crippen LogP contribution in [0.25, 0.3) is 10.2 Å². The fourth-order valence-corrected chi connectivity index (χ4v) is 4.03. The fourth-order valence-electron chi connectivity index (χ4n) is 2.86. The van der Waals surface area contributed by atoms with Crippen molar-refractivity contribution in [2.45, 2.75) is 33.6 Å². The van der Waals surface area contributed by atoms with Crippen molar-refractivity contribution < 1.29 is 9.18 Å². The molecule has 4 nitrogen and oxygen atoms in total. The molecular weight excluding hydrogens is 337 g/mol. The molecule has 0 spiro atoms. The van der Waals surface area contributed by atoms with Crippen molar-refractivity contribution in [3.8, 4) is 0 Å². The molecule has 3 rings (SSSR count). The zero-order valence-electron chi connectivity index (χ0n) is 14.5. The van der Waals surface area contributed by atoms with Gasteiger partial charge in [0, 0.05) is 24.0 Å². The van der Waals surface area contributed by atoms with Crippen LogP contribution in [0, 0.1) is 19.7 Å². The Morgan fingerprint density at radius 3 is 2.72 bits per heavy atom. The first-order valence-corrected chi connectivity index (χ1v) is 9.11. The van der Waals surface area contributed by atoms with Crippen LogP contribution in [0.5, 0.6) is 0 Å². The van der Waals surface area contributed by atoms with Gasteiger partial charge in [0.1, 0.15) is 16.5 Å². The van der Waals surface area contributed by atoms with Gasteiger partial charge >= 0.3 is 0 Å². The van der Waals surface area contributed by atoms with Crippen molar-refractivity contribution in [2.75, 3.05) is 6.54 Å². The van der Waals surface area contributed by atoms with E-state index in [4.69, 9.17) is 0 Å². The van der Waals surface area contributed by atoms with E-state index in [2.05, 4.69) is 15.3 Å². The average molecular weight is 357 g/mol. The number of fused-ring (bicyclic) bond motifs is 1. The first kappa shape index (κ1) is 17.5. The molecule has 0 aliphatic rings. The summed E-state index contributed by atoms with van der Waals surface area (Å²) in [4.78, 5) is 23.1. The van der Waals surface area contributed by atoms with Crippen molar-refractivity contribution in [2.24, 2.45) is 0 Å². The molecule has 0 aliphatic carbocycles. The second kappa shape index (κ2) is 7.27. The van der Waals surface area contributed by atoms with Crippen molar-refractivity contribution in [3.63, 3.8) is 0 Å². The summed E-state index contributed by atoms with van der Waals surface area (Å²) in [5.74, 6) is 0.403. The molecular formula is C19H20FN3OS. The molecule has 0 bridgehead atoms. The van der Waals surface area contributed by atoms with Gasteiger partial charge in [0.15, 0.2) is 0 Å². The number of thiophene rings is 1. The van der Waals surface area contributed by atoms with Crippen LogP contribution in [0.1, 0.15) is 39.2 Å². The zero-order valence-corrected chi connectivity index (χ0v) is 15.3. The largest absolute Gasteiger partial charge is 0.351 e. The minimum Gasteiger partial charge on any atom is -0.351 e. The Morgan fingerprint density at radius 1 is 1.24 bits per heavy atom. The lowest BCUT2D eigenvalue weighted by molar-refractivity contribution is 0.0957. The number of halogens is 1. The van der Waals surface area contributed by atoms with Crippen LogP contribution in [-0.4, -0.2) is 22.4 Å². The molecule has 0 unspecified atom stereocenters. The van der Waals surface area contributed by atoms with Gasteiger partial charge in [0.05, 0.1) is 4.88 Å². The molecule has 25 heavy (non-hydrogen) atoms. The van der Waals surface area contributed by atoms with Crippen molar-refractivity contribution in [3.05, 3.63) is 57.6 Å². The Labute approximate surface area is 150 Å². The number of nitrogens with zero attached hydrogens (tertiary/aromatic N) is 2. The molecule has 1 N–H and O–H groups in total. The number of nitrogens with one attached hydrogen (secondary N) is 1. The third-order valence-electron chi connectivity index (χ3n) is 4.18. The van der Waals surface area contributed by atoms with E-state index in [9.17, 15) is 9.18 Å². The van der Waals surface area contributed by atoms with E-state index in [1.165, 1.54) is 17.4 Å². The molecule has 130 valence electrons. The molecule has 0 atom stereocenters. The third kappa shape index (κ3) is 3.54. The van der Waals surface area contributed by atoms with Crippen LogP contribution < -0.4 is 5.32 Å². The van der Waals surface area contributed by atoms with Gasteiger partial charge in [-0.25, -0.2) is 14.4 Å². The molecule has 0 aliphatic heterocycles. The van der Waals surface area contributed by atoms with Crippen molar-refractivity contribution in [1.82, 2.24) is 15.3 Å². The van der Waals surface area contributed by atoms with E-state index in [0.29, 0.717) is 23.4 Å². The van der Waals surface area contributed by atoms with Gasteiger partial charge in [-0.15, -0.1) is 11.3 Å². The number of carbonyl (C=O) groups excluding carboxylic acids is 1. The number of hydrogen-bond donors (Lipinski definition) is 1. The Hall–Kier alpha value is -2.34. The number of aromatic nitrogens is 2. The summed E-state index contributed by atoms with van der Waals surface area (Å²) in [5.41, 5.74) is 2.41. The topological polar surface area (TPSA) is 54.9 Å². The fraction of sp³-hybridized carbons (Fsp3) is 0.316. The number of rotatable bonds is 5. The van der Waals surface area contributed by atoms with Gasteiger partial charge in [0.25, 0.3) is 5.91 Å². The third-order valence-corrected chi connectivity index (χ3v) is 5.36. The molecule has 2 aromatic heterocycles. The summed E-state index contributed by atoms with van der Waals surface area (Å²) in [7, 11) is 0. The van der Waals surface area contributed by atoms with Crippen molar-refractivity contribution >= 4 is 27.5 Å². The second-order valence-electron chi connectivity index (χ2n) is 5.91. The van der Waals surface area contributed by atoms with Crippen LogP contribution >= 0.6 is 11.3 Å². The quantitative estimate of drug-likeness (QED) is 0.751. The molecule has 1 aromatic carbocycles. The number of aryl methyl sites for hydroxylation is 3. The highest BCUT2D eigenvalue weighted by atomic mass is 32.1. The maximum atomic E-state index is 13.6. The number of amides is 1. The van der Waals surface area contributed by atoms with Gasteiger partial charge in [0.2, 0.25) is 0 Å². The van der Waals surface area contributed by atoms with Crippen LogP contribution in [-0.2, 0) is 12.8 Å². The lowest BCUT2D eigenvalue weighted by Gasteiger charge is -2.05. The maximum absolute atomic E-state index is 13.6. The van der Waals surface area contributed by atoms with E-state index in [1.807, 2.05) is 20.8 Å². The van der Waals surface area contributed by atoms with Crippen LogP contribution in [0.15, 0.2) is 24.3 Å². The molecule has 2 heterocycles.